The highest BCUT2D eigenvalue weighted by Gasteiger charge is 2.27. The summed E-state index contributed by atoms with van der Waals surface area (Å²) in [6.07, 6.45) is 1.32. The molecule has 1 aliphatic heterocycles. The van der Waals surface area contributed by atoms with Gasteiger partial charge in [-0.25, -0.2) is 9.48 Å². The number of carbonyl (C=O) groups is 1. The van der Waals surface area contributed by atoms with Crippen molar-refractivity contribution in [3.8, 4) is 17.7 Å². The van der Waals surface area contributed by atoms with Crippen molar-refractivity contribution in [2.24, 2.45) is 0 Å². The molecule has 0 atom stereocenters. The summed E-state index contributed by atoms with van der Waals surface area (Å²) < 4.78 is 12.8. The van der Waals surface area contributed by atoms with E-state index in [1.54, 1.807) is 19.2 Å². The molecule has 0 radical (unpaired) electrons. The average Bonchev–Trinajstić information content (AvgIpc) is 3.22. The maximum absolute atomic E-state index is 11.7. The van der Waals surface area contributed by atoms with Crippen LogP contribution in [0.5, 0.6) is 11.6 Å². The minimum absolute atomic E-state index is 0.143. The van der Waals surface area contributed by atoms with Crippen molar-refractivity contribution in [2.45, 2.75) is 25.5 Å². The van der Waals surface area contributed by atoms with Crippen molar-refractivity contribution in [2.75, 3.05) is 25.1 Å². The third kappa shape index (κ3) is 4.64. The van der Waals surface area contributed by atoms with E-state index in [1.807, 2.05) is 36.4 Å². The monoisotopic (exact) mass is 433 g/mol. The van der Waals surface area contributed by atoms with Crippen LogP contribution in [0.3, 0.4) is 0 Å². The number of carboxylic acid groups (broad SMARTS) is 1. The molecule has 1 N–H and O–H groups in total. The molecule has 0 amide bonds. The molecule has 0 saturated carbocycles. The van der Waals surface area contributed by atoms with Gasteiger partial charge in [-0.2, -0.15) is 5.26 Å². The first-order valence-corrected chi connectivity index (χ1v) is 10.3. The molecule has 2 heterocycles. The minimum Gasteiger partial charge on any atom is -0.497 e. The van der Waals surface area contributed by atoms with Gasteiger partial charge in [-0.3, -0.25) is 0 Å². The number of carboxylic acids is 1. The van der Waals surface area contributed by atoms with Gasteiger partial charge in [-0.05, 0) is 42.0 Å². The fourth-order valence-electron chi connectivity index (χ4n) is 3.70. The molecule has 1 saturated heterocycles. The van der Waals surface area contributed by atoms with Crippen LogP contribution < -0.4 is 14.4 Å². The van der Waals surface area contributed by atoms with Crippen LogP contribution in [0.4, 0.5) is 5.69 Å². The van der Waals surface area contributed by atoms with Crippen LogP contribution in [0.25, 0.3) is 0 Å². The van der Waals surface area contributed by atoms with Crippen LogP contribution in [0.2, 0.25) is 0 Å². The number of rotatable bonds is 7. The van der Waals surface area contributed by atoms with Gasteiger partial charge < -0.3 is 19.5 Å². The lowest BCUT2D eigenvalue weighted by molar-refractivity contribution is 0.0679. The van der Waals surface area contributed by atoms with Gasteiger partial charge >= 0.3 is 5.97 Å². The number of hydrogen-bond donors (Lipinski definition) is 1. The Labute approximate surface area is 185 Å². The largest absolute Gasteiger partial charge is 0.497 e. The molecule has 1 aromatic heterocycles. The van der Waals surface area contributed by atoms with E-state index in [2.05, 4.69) is 21.3 Å². The standard InChI is InChI=1S/C23H23N5O4/c1-31-19-8-4-17(5-9-19)15-28-22(21(23(29)30)25-26-28)32-20-10-12-27(13-11-20)18-6-2-16(14-24)3-7-18/h2-9,20H,10-13,15H2,1H3,(H,29,30). The Hall–Kier alpha value is -4.06. The Kier molecular flexibility index (Phi) is 6.22. The number of piperidine rings is 1. The van der Waals surface area contributed by atoms with Crippen LogP contribution in [0, 0.1) is 11.3 Å². The molecule has 0 spiro atoms. The molecule has 0 bridgehead atoms. The van der Waals surface area contributed by atoms with E-state index in [1.165, 1.54) is 4.68 Å². The molecule has 2 aromatic carbocycles. The van der Waals surface area contributed by atoms with Crippen molar-refractivity contribution < 1.29 is 19.4 Å². The van der Waals surface area contributed by atoms with E-state index in [9.17, 15) is 9.90 Å². The van der Waals surface area contributed by atoms with Gasteiger partial charge in [0.05, 0.1) is 25.3 Å². The fraction of sp³-hybridized carbons (Fsp3) is 0.304. The van der Waals surface area contributed by atoms with E-state index in [0.717, 1.165) is 42.9 Å². The summed E-state index contributed by atoms with van der Waals surface area (Å²) in [6, 6.07) is 17.1. The van der Waals surface area contributed by atoms with Gasteiger partial charge in [-0.15, -0.1) is 5.10 Å². The molecule has 1 fully saturated rings. The van der Waals surface area contributed by atoms with Crippen molar-refractivity contribution in [3.63, 3.8) is 0 Å². The summed E-state index contributed by atoms with van der Waals surface area (Å²) >= 11 is 0. The van der Waals surface area contributed by atoms with Gasteiger partial charge in [0.1, 0.15) is 11.9 Å². The van der Waals surface area contributed by atoms with Crippen molar-refractivity contribution in [1.29, 1.82) is 5.26 Å². The molecule has 9 nitrogen and oxygen atoms in total. The van der Waals surface area contributed by atoms with Gasteiger partial charge in [0, 0.05) is 31.6 Å². The van der Waals surface area contributed by atoms with E-state index in [0.29, 0.717) is 12.1 Å². The molecular formula is C23H23N5O4. The maximum atomic E-state index is 11.7. The quantitative estimate of drug-likeness (QED) is 0.605. The van der Waals surface area contributed by atoms with Gasteiger partial charge in [0.25, 0.3) is 0 Å². The highest BCUT2D eigenvalue weighted by molar-refractivity contribution is 5.87. The Bertz CT molecular complexity index is 1110. The van der Waals surface area contributed by atoms with E-state index < -0.39 is 5.97 Å². The summed E-state index contributed by atoms with van der Waals surface area (Å²) in [7, 11) is 1.60. The van der Waals surface area contributed by atoms with E-state index >= 15 is 0 Å². The maximum Gasteiger partial charge on any atom is 0.362 e. The SMILES string of the molecule is COc1ccc(Cn2nnc(C(=O)O)c2OC2CCN(c3ccc(C#N)cc3)CC2)cc1. The first kappa shape index (κ1) is 21.2. The lowest BCUT2D eigenvalue weighted by atomic mass is 10.1. The van der Waals surface area contributed by atoms with Crippen molar-refractivity contribution in [3.05, 3.63) is 65.4 Å². The van der Waals surface area contributed by atoms with Crippen LogP contribution >= 0.6 is 0 Å². The van der Waals surface area contributed by atoms with E-state index in [4.69, 9.17) is 14.7 Å². The third-order valence-corrected chi connectivity index (χ3v) is 5.47. The van der Waals surface area contributed by atoms with Gasteiger partial charge in [-0.1, -0.05) is 17.3 Å². The smallest absolute Gasteiger partial charge is 0.362 e. The van der Waals surface area contributed by atoms with E-state index in [-0.39, 0.29) is 17.7 Å². The summed E-state index contributed by atoms with van der Waals surface area (Å²) in [4.78, 5) is 13.9. The lowest BCUT2D eigenvalue weighted by Gasteiger charge is -2.33. The molecule has 0 unspecified atom stereocenters. The summed E-state index contributed by atoms with van der Waals surface area (Å²) in [5, 5.41) is 26.3. The molecule has 9 heteroatoms. The molecule has 3 aromatic rings. The Morgan fingerprint density at radius 3 is 2.44 bits per heavy atom. The molecule has 0 aliphatic carbocycles. The second-order valence-electron chi connectivity index (χ2n) is 7.52. The van der Waals surface area contributed by atoms with Crippen molar-refractivity contribution >= 4 is 11.7 Å². The number of ether oxygens (including phenoxy) is 2. The lowest BCUT2D eigenvalue weighted by Crippen LogP contribution is -2.38. The van der Waals surface area contributed by atoms with Crippen molar-refractivity contribution in [1.82, 2.24) is 15.0 Å². The minimum atomic E-state index is -1.17. The molecule has 164 valence electrons. The number of anilines is 1. The number of aromatic carboxylic acids is 1. The second-order valence-corrected chi connectivity index (χ2v) is 7.52. The first-order chi connectivity index (χ1) is 15.6. The first-order valence-electron chi connectivity index (χ1n) is 10.3. The van der Waals surface area contributed by atoms with Crippen LogP contribution in [-0.4, -0.2) is 52.4 Å². The summed E-state index contributed by atoms with van der Waals surface area (Å²) in [5.41, 5.74) is 2.42. The number of nitrogens with zero attached hydrogens (tertiary/aromatic N) is 5. The molecule has 1 aliphatic rings. The number of methoxy groups -OCH3 is 1. The number of aromatic nitrogens is 3. The zero-order valence-corrected chi connectivity index (χ0v) is 17.6. The summed E-state index contributed by atoms with van der Waals surface area (Å²) in [5.74, 6) is -0.259. The third-order valence-electron chi connectivity index (χ3n) is 5.47. The topological polar surface area (TPSA) is 114 Å². The van der Waals surface area contributed by atoms with Crippen LogP contribution in [0.1, 0.15) is 34.5 Å². The van der Waals surface area contributed by atoms with Crippen LogP contribution in [-0.2, 0) is 6.54 Å². The predicted molar refractivity (Wildman–Crippen MR) is 116 cm³/mol. The van der Waals surface area contributed by atoms with Gasteiger partial charge in [0.15, 0.2) is 0 Å². The zero-order valence-electron chi connectivity index (χ0n) is 17.6. The molecule has 32 heavy (non-hydrogen) atoms. The number of benzene rings is 2. The molecule has 4 rings (SSSR count). The van der Waals surface area contributed by atoms with Gasteiger partial charge in [0.2, 0.25) is 11.6 Å². The number of hydrogen-bond acceptors (Lipinski definition) is 7. The normalized spacial score (nSPS) is 14.1. The fourth-order valence-corrected chi connectivity index (χ4v) is 3.70. The van der Waals surface area contributed by atoms with Crippen LogP contribution in [0.15, 0.2) is 48.5 Å². The average molecular weight is 433 g/mol. The Morgan fingerprint density at radius 2 is 1.84 bits per heavy atom. The molecular weight excluding hydrogens is 410 g/mol. The Balaban J connectivity index is 1.44. The Morgan fingerprint density at radius 1 is 1.16 bits per heavy atom. The zero-order chi connectivity index (χ0) is 22.5. The second kappa shape index (κ2) is 9.39. The summed E-state index contributed by atoms with van der Waals surface area (Å²) in [6.45, 7) is 1.86. The highest BCUT2D eigenvalue weighted by Crippen LogP contribution is 2.26. The highest BCUT2D eigenvalue weighted by atomic mass is 16.5. The predicted octanol–water partition coefficient (Wildman–Crippen LogP) is 2.95. The number of nitriles is 1.